The molecule has 2 rings (SSSR count). The highest BCUT2D eigenvalue weighted by Crippen LogP contribution is 2.31. The van der Waals surface area contributed by atoms with E-state index < -0.39 is 41.2 Å². The van der Waals surface area contributed by atoms with Gasteiger partial charge in [0.2, 0.25) is 11.8 Å². The molecule has 0 spiro atoms. The molecule has 0 bridgehead atoms. The number of nitrogens with zero attached hydrogens (tertiary/aromatic N) is 3. The summed E-state index contributed by atoms with van der Waals surface area (Å²) in [5, 5.41) is 14.8. The molecule has 10 nitrogen and oxygen atoms in total. The van der Waals surface area contributed by atoms with Gasteiger partial charge in [-0.25, -0.2) is 9.78 Å². The first-order valence-corrected chi connectivity index (χ1v) is 10.4. The molecule has 0 aromatic carbocycles. The molecule has 2 heterocycles. The van der Waals surface area contributed by atoms with E-state index in [0.717, 1.165) is 12.8 Å². The first kappa shape index (κ1) is 24.2. The van der Waals surface area contributed by atoms with Crippen LogP contribution in [0.5, 0.6) is 0 Å². The van der Waals surface area contributed by atoms with E-state index in [1.54, 1.807) is 20.8 Å². The van der Waals surface area contributed by atoms with E-state index in [9.17, 15) is 24.3 Å². The van der Waals surface area contributed by atoms with Gasteiger partial charge in [0.15, 0.2) is 0 Å². The zero-order chi connectivity index (χ0) is 23.2. The lowest BCUT2D eigenvalue weighted by Crippen LogP contribution is -2.58. The van der Waals surface area contributed by atoms with Crippen molar-refractivity contribution in [2.45, 2.75) is 59.0 Å². The fourth-order valence-corrected chi connectivity index (χ4v) is 3.81. The maximum Gasteiger partial charge on any atom is 0.326 e. The molecular formula is C21H31N5O5. The van der Waals surface area contributed by atoms with Crippen LogP contribution in [0, 0.1) is 11.3 Å². The molecule has 0 radical (unpaired) electrons. The van der Waals surface area contributed by atoms with Crippen molar-refractivity contribution in [3.8, 4) is 0 Å². The fourth-order valence-electron chi connectivity index (χ4n) is 3.81. The zero-order valence-electron chi connectivity index (χ0n) is 18.4. The Kier molecular flexibility index (Phi) is 8.07. The summed E-state index contributed by atoms with van der Waals surface area (Å²) in [5.74, 6) is -2.67. The second-order valence-corrected chi connectivity index (χ2v) is 8.79. The molecule has 1 fully saturated rings. The van der Waals surface area contributed by atoms with E-state index >= 15 is 0 Å². The molecule has 3 amide bonds. The predicted octanol–water partition coefficient (Wildman–Crippen LogP) is 0.839. The van der Waals surface area contributed by atoms with Gasteiger partial charge < -0.3 is 20.6 Å². The van der Waals surface area contributed by atoms with Crippen molar-refractivity contribution in [2.75, 3.05) is 13.1 Å². The Balaban J connectivity index is 2.07. The van der Waals surface area contributed by atoms with Crippen LogP contribution >= 0.6 is 0 Å². The van der Waals surface area contributed by atoms with Gasteiger partial charge in [-0.15, -0.1) is 0 Å². The first-order chi connectivity index (χ1) is 14.6. The molecule has 1 aliphatic heterocycles. The third-order valence-corrected chi connectivity index (χ3v) is 5.34. The summed E-state index contributed by atoms with van der Waals surface area (Å²) in [6.45, 7) is 7.36. The molecule has 1 aliphatic rings. The SMILES string of the molecule is CCC[C@H]1CCN(C(=O)C(NC(=O)CNC(=O)c2cnccn2)C(C)(C)C)[C@@H]1C(=O)O. The van der Waals surface area contributed by atoms with E-state index in [-0.39, 0.29) is 18.2 Å². The van der Waals surface area contributed by atoms with E-state index in [1.165, 1.54) is 23.5 Å². The van der Waals surface area contributed by atoms with E-state index in [0.29, 0.717) is 13.0 Å². The molecule has 1 unspecified atom stereocenters. The number of aromatic nitrogens is 2. The molecule has 1 saturated heterocycles. The summed E-state index contributed by atoms with van der Waals surface area (Å²) in [6.07, 6.45) is 6.25. The Bertz CT molecular complexity index is 808. The Morgan fingerprint density at radius 3 is 2.52 bits per heavy atom. The fraction of sp³-hybridized carbons (Fsp3) is 0.619. The molecule has 3 N–H and O–H groups in total. The van der Waals surface area contributed by atoms with Gasteiger partial charge in [0, 0.05) is 18.9 Å². The molecule has 31 heavy (non-hydrogen) atoms. The number of carboxylic acids is 1. The van der Waals surface area contributed by atoms with Crippen LogP contribution in [0.25, 0.3) is 0 Å². The van der Waals surface area contributed by atoms with Crippen molar-refractivity contribution in [1.29, 1.82) is 0 Å². The number of carboxylic acid groups (broad SMARTS) is 1. The van der Waals surface area contributed by atoms with Crippen LogP contribution in [0.2, 0.25) is 0 Å². The Labute approximate surface area is 181 Å². The van der Waals surface area contributed by atoms with Crippen LogP contribution in [-0.2, 0) is 14.4 Å². The highest BCUT2D eigenvalue weighted by atomic mass is 16.4. The topological polar surface area (TPSA) is 142 Å². The monoisotopic (exact) mass is 433 g/mol. The maximum atomic E-state index is 13.3. The second-order valence-electron chi connectivity index (χ2n) is 8.79. The van der Waals surface area contributed by atoms with Crippen LogP contribution in [0.1, 0.15) is 57.4 Å². The highest BCUT2D eigenvalue weighted by molar-refractivity contribution is 5.96. The molecule has 1 aromatic rings. The Morgan fingerprint density at radius 1 is 1.26 bits per heavy atom. The van der Waals surface area contributed by atoms with Gasteiger partial charge in [-0.05, 0) is 24.2 Å². The number of rotatable bonds is 8. The molecule has 0 aliphatic carbocycles. The van der Waals surface area contributed by atoms with Crippen molar-refractivity contribution in [3.63, 3.8) is 0 Å². The average Bonchev–Trinajstić information content (AvgIpc) is 3.14. The van der Waals surface area contributed by atoms with Gasteiger partial charge >= 0.3 is 5.97 Å². The van der Waals surface area contributed by atoms with Crippen LogP contribution < -0.4 is 10.6 Å². The zero-order valence-corrected chi connectivity index (χ0v) is 18.4. The molecule has 10 heteroatoms. The van der Waals surface area contributed by atoms with Crippen molar-refractivity contribution in [2.24, 2.45) is 11.3 Å². The van der Waals surface area contributed by atoms with Crippen molar-refractivity contribution in [1.82, 2.24) is 25.5 Å². The van der Waals surface area contributed by atoms with Gasteiger partial charge in [-0.2, -0.15) is 0 Å². The third-order valence-electron chi connectivity index (χ3n) is 5.34. The molecule has 170 valence electrons. The molecule has 3 atom stereocenters. The van der Waals surface area contributed by atoms with Gasteiger partial charge in [-0.1, -0.05) is 34.1 Å². The number of hydrogen-bond acceptors (Lipinski definition) is 6. The van der Waals surface area contributed by atoms with Crippen LogP contribution in [0.15, 0.2) is 18.6 Å². The van der Waals surface area contributed by atoms with Crippen molar-refractivity contribution in [3.05, 3.63) is 24.3 Å². The van der Waals surface area contributed by atoms with Crippen LogP contribution in [0.3, 0.4) is 0 Å². The quantitative estimate of drug-likeness (QED) is 0.551. The van der Waals surface area contributed by atoms with Crippen molar-refractivity contribution >= 4 is 23.7 Å². The summed E-state index contributed by atoms with van der Waals surface area (Å²) >= 11 is 0. The molecule has 0 saturated carbocycles. The summed E-state index contributed by atoms with van der Waals surface area (Å²) in [6, 6.07) is -1.83. The number of carbonyl (C=O) groups is 4. The first-order valence-electron chi connectivity index (χ1n) is 10.4. The lowest BCUT2D eigenvalue weighted by Gasteiger charge is -2.35. The summed E-state index contributed by atoms with van der Waals surface area (Å²) in [7, 11) is 0. The number of nitrogens with one attached hydrogen (secondary N) is 2. The van der Waals surface area contributed by atoms with E-state index in [2.05, 4.69) is 20.6 Å². The van der Waals surface area contributed by atoms with Gasteiger partial charge in [0.25, 0.3) is 5.91 Å². The Hall–Kier alpha value is -3.04. The maximum absolute atomic E-state index is 13.3. The highest BCUT2D eigenvalue weighted by Gasteiger charge is 2.45. The number of aliphatic carboxylic acids is 1. The summed E-state index contributed by atoms with van der Waals surface area (Å²) in [4.78, 5) is 58.7. The number of amides is 3. The standard InChI is InChI=1S/C21H31N5O5/c1-5-6-13-7-10-26(16(13)20(30)31)19(29)17(21(2,3)4)25-15(27)12-24-18(28)14-11-22-8-9-23-14/h8-9,11,13,16-17H,5-7,10,12H2,1-4H3,(H,24,28)(H,25,27)(H,30,31)/t13-,16-,17?/m0/s1. The van der Waals surface area contributed by atoms with Gasteiger partial charge in [0.1, 0.15) is 17.8 Å². The minimum Gasteiger partial charge on any atom is -0.480 e. The summed E-state index contributed by atoms with van der Waals surface area (Å²) < 4.78 is 0. The average molecular weight is 434 g/mol. The second kappa shape index (κ2) is 10.3. The lowest BCUT2D eigenvalue weighted by molar-refractivity contribution is -0.152. The van der Waals surface area contributed by atoms with E-state index in [4.69, 9.17) is 0 Å². The van der Waals surface area contributed by atoms with Crippen molar-refractivity contribution < 1.29 is 24.3 Å². The minimum absolute atomic E-state index is 0.0714. The predicted molar refractivity (Wildman–Crippen MR) is 112 cm³/mol. The number of likely N-dealkylation sites (tertiary alicyclic amines) is 1. The molecule has 1 aromatic heterocycles. The smallest absolute Gasteiger partial charge is 0.326 e. The largest absolute Gasteiger partial charge is 0.480 e. The van der Waals surface area contributed by atoms with Gasteiger partial charge in [-0.3, -0.25) is 19.4 Å². The summed E-state index contributed by atoms with van der Waals surface area (Å²) in [5.41, 5.74) is -0.588. The van der Waals surface area contributed by atoms with Gasteiger partial charge in [0.05, 0.1) is 12.7 Å². The minimum atomic E-state index is -1.03. The van der Waals surface area contributed by atoms with Crippen LogP contribution in [-0.4, -0.2) is 68.8 Å². The normalized spacial score (nSPS) is 19.5. The number of carbonyl (C=O) groups excluding carboxylic acids is 3. The molecular weight excluding hydrogens is 402 g/mol. The van der Waals surface area contributed by atoms with E-state index in [1.807, 2.05) is 6.92 Å². The third kappa shape index (κ3) is 6.22. The number of hydrogen-bond donors (Lipinski definition) is 3. The van der Waals surface area contributed by atoms with Crippen LogP contribution in [0.4, 0.5) is 0 Å². The lowest BCUT2D eigenvalue weighted by atomic mass is 9.85. The Morgan fingerprint density at radius 2 is 1.97 bits per heavy atom.